The van der Waals surface area contributed by atoms with Gasteiger partial charge in [0.25, 0.3) is 0 Å². The quantitative estimate of drug-likeness (QED) is 0.831. The summed E-state index contributed by atoms with van der Waals surface area (Å²) >= 11 is 0. The van der Waals surface area contributed by atoms with E-state index in [1.807, 2.05) is 12.1 Å². The molecule has 0 bridgehead atoms. The van der Waals surface area contributed by atoms with E-state index in [-0.39, 0.29) is 5.82 Å². The molecule has 1 saturated carbocycles. The Balaban J connectivity index is 1.86. The van der Waals surface area contributed by atoms with Crippen molar-refractivity contribution in [3.63, 3.8) is 0 Å². The van der Waals surface area contributed by atoms with Crippen molar-refractivity contribution in [1.29, 1.82) is 5.26 Å². The maximum atomic E-state index is 10.6. The van der Waals surface area contributed by atoms with Gasteiger partial charge in [0.1, 0.15) is 11.7 Å². The molecule has 23 heavy (non-hydrogen) atoms. The molecule has 1 aliphatic carbocycles. The zero-order valence-corrected chi connectivity index (χ0v) is 13.2. The molecule has 0 aliphatic heterocycles. The summed E-state index contributed by atoms with van der Waals surface area (Å²) in [6.45, 7) is 1.33. The molecule has 2 aromatic rings. The number of hydrogen-bond donors (Lipinski definition) is 1. The summed E-state index contributed by atoms with van der Waals surface area (Å²) < 4.78 is 2.13. The number of amides is 1. The monoisotopic (exact) mass is 311 g/mol. The highest BCUT2D eigenvalue weighted by atomic mass is 16.1. The summed E-state index contributed by atoms with van der Waals surface area (Å²) in [4.78, 5) is 19.0. The molecule has 3 rings (SSSR count). The second-order valence-electron chi connectivity index (χ2n) is 6.16. The Kier molecular flexibility index (Phi) is 4.86. The number of aromatic nitrogens is 3. The molecule has 2 aromatic heterocycles. The smallest absolute Gasteiger partial charge is 0.234 e. The van der Waals surface area contributed by atoms with Gasteiger partial charge in [-0.1, -0.05) is 32.1 Å². The first-order valence-electron chi connectivity index (χ1n) is 8.24. The molecule has 2 heterocycles. The van der Waals surface area contributed by atoms with Crippen molar-refractivity contribution >= 4 is 17.4 Å². The van der Waals surface area contributed by atoms with Gasteiger partial charge in [-0.3, -0.25) is 4.79 Å². The molecule has 6 heteroatoms. The van der Waals surface area contributed by atoms with Crippen LogP contribution in [-0.4, -0.2) is 20.9 Å². The fourth-order valence-corrected chi connectivity index (χ4v) is 3.48. The molecule has 0 atom stereocenters. The first-order valence-corrected chi connectivity index (χ1v) is 8.24. The highest BCUT2D eigenvalue weighted by molar-refractivity contribution is 5.77. The van der Waals surface area contributed by atoms with Crippen LogP contribution >= 0.6 is 0 Å². The van der Waals surface area contributed by atoms with Crippen molar-refractivity contribution in [2.24, 2.45) is 5.92 Å². The lowest BCUT2D eigenvalue weighted by atomic mass is 9.87. The van der Waals surface area contributed by atoms with Crippen molar-refractivity contribution in [3.05, 3.63) is 23.8 Å². The molecule has 1 amide bonds. The summed E-state index contributed by atoms with van der Waals surface area (Å²) in [6.07, 6.45) is 10.1. The second-order valence-corrected chi connectivity index (χ2v) is 6.16. The van der Waals surface area contributed by atoms with Gasteiger partial charge in [0.2, 0.25) is 12.2 Å². The average molecular weight is 311 g/mol. The zero-order valence-electron chi connectivity index (χ0n) is 13.2. The summed E-state index contributed by atoms with van der Waals surface area (Å²) in [5.41, 5.74) is 1.79. The number of carbonyl (C=O) groups excluding carboxylic acids is 1. The molecule has 1 aliphatic rings. The number of nitrogens with zero attached hydrogens (tertiary/aromatic N) is 4. The van der Waals surface area contributed by atoms with E-state index in [2.05, 4.69) is 19.9 Å². The van der Waals surface area contributed by atoms with Crippen LogP contribution in [0.2, 0.25) is 0 Å². The topological polar surface area (TPSA) is 83.6 Å². The molecule has 0 spiro atoms. The van der Waals surface area contributed by atoms with Gasteiger partial charge in [-0.15, -0.1) is 0 Å². The Hall–Kier alpha value is -2.42. The van der Waals surface area contributed by atoms with E-state index in [0.717, 1.165) is 35.6 Å². The predicted octanol–water partition coefficient (Wildman–Crippen LogP) is 2.52. The minimum absolute atomic E-state index is 0.185. The summed E-state index contributed by atoms with van der Waals surface area (Å²) in [7, 11) is 0. The molecule has 0 aromatic carbocycles. The van der Waals surface area contributed by atoms with Crippen molar-refractivity contribution in [2.75, 3.05) is 0 Å². The van der Waals surface area contributed by atoms with Crippen molar-refractivity contribution < 1.29 is 4.79 Å². The van der Waals surface area contributed by atoms with E-state index in [1.165, 1.54) is 32.1 Å². The van der Waals surface area contributed by atoms with Gasteiger partial charge in [0.15, 0.2) is 0 Å². The molecule has 1 fully saturated rings. The number of nitriles is 1. The van der Waals surface area contributed by atoms with Gasteiger partial charge in [0, 0.05) is 23.8 Å². The number of rotatable bonds is 6. The summed E-state index contributed by atoms with van der Waals surface area (Å²) in [5, 5.41) is 12.7. The summed E-state index contributed by atoms with van der Waals surface area (Å²) in [6, 6.07) is 3.99. The van der Waals surface area contributed by atoms with Gasteiger partial charge >= 0.3 is 0 Å². The number of aryl methyl sites for hydroxylation is 1. The fourth-order valence-electron chi connectivity index (χ4n) is 3.48. The molecule has 0 radical (unpaired) electrons. The minimum atomic E-state index is 0.185. The zero-order chi connectivity index (χ0) is 16.1. The van der Waals surface area contributed by atoms with Crippen LogP contribution in [0, 0.1) is 17.2 Å². The minimum Gasteiger partial charge on any atom is -0.353 e. The van der Waals surface area contributed by atoms with E-state index in [9.17, 15) is 4.79 Å². The van der Waals surface area contributed by atoms with Crippen LogP contribution in [0.5, 0.6) is 0 Å². The van der Waals surface area contributed by atoms with Gasteiger partial charge in [-0.25, -0.2) is 9.97 Å². The van der Waals surface area contributed by atoms with Gasteiger partial charge < -0.3 is 9.88 Å². The van der Waals surface area contributed by atoms with Crippen molar-refractivity contribution in [1.82, 2.24) is 19.9 Å². The van der Waals surface area contributed by atoms with E-state index >= 15 is 0 Å². The van der Waals surface area contributed by atoms with Crippen LogP contribution in [-0.2, 0) is 17.9 Å². The van der Waals surface area contributed by atoms with E-state index in [1.54, 1.807) is 6.20 Å². The molecule has 120 valence electrons. The first-order chi connectivity index (χ1) is 11.3. The van der Waals surface area contributed by atoms with E-state index in [4.69, 9.17) is 5.26 Å². The Labute approximate surface area is 135 Å². The Morgan fingerprint density at radius 3 is 2.96 bits per heavy atom. The Morgan fingerprint density at radius 1 is 1.39 bits per heavy atom. The Bertz CT molecular complexity index is 724. The van der Waals surface area contributed by atoms with Gasteiger partial charge in [-0.2, -0.15) is 5.26 Å². The standard InChI is InChI=1S/C17H21N5O/c18-9-16-20-10-14-8-15(11-19-12-23)22(17(14)21-16)7-6-13-4-2-1-3-5-13/h8,10,12-13H,1-7,11H2,(H,19,23). The average Bonchev–Trinajstić information content (AvgIpc) is 2.95. The van der Waals surface area contributed by atoms with Crippen molar-refractivity contribution in [3.8, 4) is 6.07 Å². The highest BCUT2D eigenvalue weighted by Crippen LogP contribution is 2.28. The molecule has 0 saturated heterocycles. The normalized spacial score (nSPS) is 15.4. The van der Waals surface area contributed by atoms with Crippen LogP contribution in [0.15, 0.2) is 12.3 Å². The number of hydrogen-bond acceptors (Lipinski definition) is 4. The molecular weight excluding hydrogens is 290 g/mol. The first kappa shape index (κ1) is 15.5. The predicted molar refractivity (Wildman–Crippen MR) is 86.3 cm³/mol. The maximum absolute atomic E-state index is 10.6. The Morgan fingerprint density at radius 2 is 2.22 bits per heavy atom. The fraction of sp³-hybridized carbons (Fsp3) is 0.529. The third-order valence-corrected chi connectivity index (χ3v) is 4.67. The maximum Gasteiger partial charge on any atom is 0.234 e. The van der Waals surface area contributed by atoms with Crippen LogP contribution < -0.4 is 5.32 Å². The second kappa shape index (κ2) is 7.23. The lowest BCUT2D eigenvalue weighted by Gasteiger charge is -2.22. The molecule has 0 unspecified atom stereocenters. The lowest BCUT2D eigenvalue weighted by Crippen LogP contribution is -2.16. The van der Waals surface area contributed by atoms with Crippen LogP contribution in [0.4, 0.5) is 0 Å². The SMILES string of the molecule is N#Cc1ncc2cc(CNC=O)n(CCC3CCCCC3)c2n1. The van der Waals surface area contributed by atoms with Crippen LogP contribution in [0.25, 0.3) is 11.0 Å². The van der Waals surface area contributed by atoms with E-state index in [0.29, 0.717) is 13.0 Å². The summed E-state index contributed by atoms with van der Waals surface area (Å²) in [5.74, 6) is 0.953. The third kappa shape index (κ3) is 3.50. The number of nitrogens with one attached hydrogen (secondary N) is 1. The van der Waals surface area contributed by atoms with Crippen LogP contribution in [0.3, 0.4) is 0 Å². The van der Waals surface area contributed by atoms with Gasteiger partial charge in [0.05, 0.1) is 6.54 Å². The largest absolute Gasteiger partial charge is 0.353 e. The molecule has 1 N–H and O–H groups in total. The number of carbonyl (C=O) groups is 1. The van der Waals surface area contributed by atoms with E-state index < -0.39 is 0 Å². The molecule has 6 nitrogen and oxygen atoms in total. The van der Waals surface area contributed by atoms with Crippen LogP contribution in [0.1, 0.15) is 50.0 Å². The van der Waals surface area contributed by atoms with Gasteiger partial charge in [-0.05, 0) is 18.4 Å². The third-order valence-electron chi connectivity index (χ3n) is 4.67. The number of fused-ring (bicyclic) bond motifs is 1. The van der Waals surface area contributed by atoms with Crippen molar-refractivity contribution in [2.45, 2.75) is 51.6 Å². The lowest BCUT2D eigenvalue weighted by molar-refractivity contribution is -0.109. The molecular formula is C17H21N5O. The highest BCUT2D eigenvalue weighted by Gasteiger charge is 2.16.